The second-order valence-electron chi connectivity index (χ2n) is 6.09. The van der Waals surface area contributed by atoms with Gasteiger partial charge in [0, 0.05) is 30.6 Å². The third-order valence-electron chi connectivity index (χ3n) is 4.53. The normalized spacial score (nSPS) is 17.0. The number of likely N-dealkylation sites (tertiary alicyclic amines) is 1. The monoisotopic (exact) mass is 315 g/mol. The fraction of sp³-hybridized carbons (Fsp3) is 0.200. The van der Waals surface area contributed by atoms with Gasteiger partial charge in [-0.05, 0) is 23.6 Å². The molecule has 1 aliphatic heterocycles. The highest BCUT2D eigenvalue weighted by molar-refractivity contribution is 5.71. The molecule has 1 atom stereocenters. The average Bonchev–Trinajstić information content (AvgIpc) is 3.32. The van der Waals surface area contributed by atoms with E-state index in [1.165, 1.54) is 5.56 Å². The number of benzene rings is 2. The first kappa shape index (κ1) is 14.5. The Hall–Kier alpha value is -3.06. The number of hydrogen-bond donors (Lipinski definition) is 0. The molecule has 4 nitrogen and oxygen atoms in total. The Morgan fingerprint density at radius 3 is 2.58 bits per heavy atom. The Kier molecular flexibility index (Phi) is 3.76. The van der Waals surface area contributed by atoms with E-state index in [0.29, 0.717) is 0 Å². The summed E-state index contributed by atoms with van der Waals surface area (Å²) >= 11 is 0. The molecule has 3 aromatic rings. The topological polar surface area (TPSA) is 53.1 Å². The molecule has 4 rings (SSSR count). The molecule has 1 fully saturated rings. The number of nitriles is 1. The van der Waals surface area contributed by atoms with E-state index >= 15 is 0 Å². The van der Waals surface area contributed by atoms with Gasteiger partial charge in [-0.1, -0.05) is 53.7 Å². The summed E-state index contributed by atoms with van der Waals surface area (Å²) < 4.78 is 5.56. The van der Waals surface area contributed by atoms with Crippen LogP contribution in [0.2, 0.25) is 0 Å². The van der Waals surface area contributed by atoms with Gasteiger partial charge in [0.15, 0.2) is 6.19 Å². The number of rotatable bonds is 3. The lowest BCUT2D eigenvalue weighted by atomic mass is 10.0. The van der Waals surface area contributed by atoms with Crippen LogP contribution in [-0.4, -0.2) is 23.1 Å². The van der Waals surface area contributed by atoms with Crippen molar-refractivity contribution in [3.63, 3.8) is 0 Å². The van der Waals surface area contributed by atoms with Gasteiger partial charge in [-0.2, -0.15) is 5.26 Å². The van der Waals surface area contributed by atoms with Crippen LogP contribution in [0.3, 0.4) is 0 Å². The molecule has 0 spiro atoms. The maximum Gasteiger partial charge on any atom is 0.179 e. The molecule has 4 heteroatoms. The first-order valence-electron chi connectivity index (χ1n) is 8.10. The van der Waals surface area contributed by atoms with Crippen LogP contribution in [-0.2, 0) is 0 Å². The van der Waals surface area contributed by atoms with Gasteiger partial charge < -0.3 is 9.42 Å². The van der Waals surface area contributed by atoms with Gasteiger partial charge in [-0.15, -0.1) is 0 Å². The largest absolute Gasteiger partial charge is 0.360 e. The van der Waals surface area contributed by atoms with Crippen molar-refractivity contribution in [2.75, 3.05) is 13.1 Å². The van der Waals surface area contributed by atoms with Gasteiger partial charge in [-0.3, -0.25) is 0 Å². The number of nitrogens with zero attached hydrogens (tertiary/aromatic N) is 3. The van der Waals surface area contributed by atoms with Gasteiger partial charge in [0.05, 0.1) is 0 Å². The first-order valence-corrected chi connectivity index (χ1v) is 8.10. The Bertz CT molecular complexity index is 879. The van der Waals surface area contributed by atoms with Crippen LogP contribution >= 0.6 is 0 Å². The standard InChI is InChI=1S/C20H17N3O/c21-14-23-10-9-18(13-23)20-12-19(22-24-20)17-8-4-7-16(11-17)15-5-2-1-3-6-15/h1-8,11-12,18H,9-10,13H2/t18-/m0/s1. The van der Waals surface area contributed by atoms with E-state index in [4.69, 9.17) is 9.78 Å². The van der Waals surface area contributed by atoms with Crippen LogP contribution in [0.4, 0.5) is 0 Å². The molecule has 118 valence electrons. The van der Waals surface area contributed by atoms with Crippen LogP contribution in [0.15, 0.2) is 65.2 Å². The molecule has 0 amide bonds. The smallest absolute Gasteiger partial charge is 0.179 e. The lowest BCUT2D eigenvalue weighted by Gasteiger charge is -2.05. The molecular weight excluding hydrogens is 298 g/mol. The second-order valence-corrected chi connectivity index (χ2v) is 6.09. The van der Waals surface area contributed by atoms with Crippen molar-refractivity contribution in [3.8, 4) is 28.6 Å². The van der Waals surface area contributed by atoms with Crippen molar-refractivity contribution in [2.45, 2.75) is 12.3 Å². The van der Waals surface area contributed by atoms with Crippen LogP contribution in [0.5, 0.6) is 0 Å². The minimum Gasteiger partial charge on any atom is -0.360 e. The minimum absolute atomic E-state index is 0.253. The highest BCUT2D eigenvalue weighted by atomic mass is 16.5. The Balaban J connectivity index is 1.60. The van der Waals surface area contributed by atoms with Gasteiger partial charge in [0.25, 0.3) is 0 Å². The van der Waals surface area contributed by atoms with Gasteiger partial charge in [0.1, 0.15) is 11.5 Å². The summed E-state index contributed by atoms with van der Waals surface area (Å²) in [6.07, 6.45) is 3.14. The molecule has 1 saturated heterocycles. The number of aromatic nitrogens is 1. The molecule has 0 N–H and O–H groups in total. The Morgan fingerprint density at radius 1 is 1.00 bits per heavy atom. The summed E-state index contributed by atoms with van der Waals surface area (Å²) in [5.41, 5.74) is 4.23. The Labute approximate surface area is 140 Å². The van der Waals surface area contributed by atoms with Crippen LogP contribution in [0, 0.1) is 11.5 Å². The zero-order valence-electron chi connectivity index (χ0n) is 13.2. The first-order chi connectivity index (χ1) is 11.8. The molecule has 0 aliphatic carbocycles. The third kappa shape index (κ3) is 2.77. The number of hydrogen-bond acceptors (Lipinski definition) is 4. The van der Waals surface area contributed by atoms with E-state index in [-0.39, 0.29) is 5.92 Å². The third-order valence-corrected chi connectivity index (χ3v) is 4.53. The molecule has 24 heavy (non-hydrogen) atoms. The van der Waals surface area contributed by atoms with Crippen molar-refractivity contribution in [3.05, 3.63) is 66.4 Å². The summed E-state index contributed by atoms with van der Waals surface area (Å²) in [6.45, 7) is 1.51. The predicted molar refractivity (Wildman–Crippen MR) is 91.9 cm³/mol. The van der Waals surface area contributed by atoms with Crippen molar-refractivity contribution in [1.82, 2.24) is 10.1 Å². The summed E-state index contributed by atoms with van der Waals surface area (Å²) in [5, 5.41) is 13.2. The van der Waals surface area contributed by atoms with Crippen molar-refractivity contribution in [2.24, 2.45) is 0 Å². The molecule has 1 aromatic heterocycles. The van der Waals surface area contributed by atoms with Crippen molar-refractivity contribution < 1.29 is 4.52 Å². The van der Waals surface area contributed by atoms with Gasteiger partial charge >= 0.3 is 0 Å². The second kappa shape index (κ2) is 6.21. The quantitative estimate of drug-likeness (QED) is 0.677. The summed E-state index contributed by atoms with van der Waals surface area (Å²) in [5.74, 6) is 1.12. The fourth-order valence-corrected chi connectivity index (χ4v) is 3.19. The van der Waals surface area contributed by atoms with Gasteiger partial charge in [-0.25, -0.2) is 0 Å². The van der Waals surface area contributed by atoms with E-state index < -0.39 is 0 Å². The molecule has 2 aromatic carbocycles. The lowest BCUT2D eigenvalue weighted by molar-refractivity contribution is 0.360. The van der Waals surface area contributed by atoms with Gasteiger partial charge in [0.2, 0.25) is 0 Å². The highest BCUT2D eigenvalue weighted by Crippen LogP contribution is 2.31. The Morgan fingerprint density at radius 2 is 1.79 bits per heavy atom. The average molecular weight is 315 g/mol. The van der Waals surface area contributed by atoms with E-state index in [2.05, 4.69) is 35.6 Å². The molecular formula is C20H17N3O. The van der Waals surface area contributed by atoms with Crippen LogP contribution in [0.25, 0.3) is 22.4 Å². The summed E-state index contributed by atoms with van der Waals surface area (Å²) in [6, 6.07) is 20.6. The SMILES string of the molecule is N#CN1CC[C@H](c2cc(-c3cccc(-c4ccccc4)c3)no2)C1. The van der Waals surface area contributed by atoms with E-state index in [0.717, 1.165) is 42.1 Å². The maximum absolute atomic E-state index is 8.98. The van der Waals surface area contributed by atoms with Crippen molar-refractivity contribution >= 4 is 0 Å². The zero-order valence-corrected chi connectivity index (χ0v) is 13.2. The van der Waals surface area contributed by atoms with Crippen molar-refractivity contribution in [1.29, 1.82) is 5.26 Å². The highest BCUT2D eigenvalue weighted by Gasteiger charge is 2.26. The molecule has 0 unspecified atom stereocenters. The molecule has 1 aliphatic rings. The lowest BCUT2D eigenvalue weighted by Crippen LogP contribution is -2.12. The van der Waals surface area contributed by atoms with E-state index in [1.807, 2.05) is 36.4 Å². The van der Waals surface area contributed by atoms with Crippen LogP contribution < -0.4 is 0 Å². The minimum atomic E-state index is 0.253. The molecule has 2 heterocycles. The summed E-state index contributed by atoms with van der Waals surface area (Å²) in [7, 11) is 0. The molecule has 0 radical (unpaired) electrons. The maximum atomic E-state index is 8.98. The van der Waals surface area contributed by atoms with Crippen LogP contribution in [0.1, 0.15) is 18.1 Å². The molecule has 0 bridgehead atoms. The fourth-order valence-electron chi connectivity index (χ4n) is 3.19. The predicted octanol–water partition coefficient (Wildman–Crippen LogP) is 4.28. The van der Waals surface area contributed by atoms with E-state index in [1.54, 1.807) is 4.90 Å². The summed E-state index contributed by atoms with van der Waals surface area (Å²) in [4.78, 5) is 1.77. The molecule has 0 saturated carbocycles. The van der Waals surface area contributed by atoms with E-state index in [9.17, 15) is 0 Å². The zero-order chi connectivity index (χ0) is 16.4.